The minimum absolute atomic E-state index is 0.0112. The fourth-order valence-electron chi connectivity index (χ4n) is 3.07. The normalized spacial score (nSPS) is 11.9. The summed E-state index contributed by atoms with van der Waals surface area (Å²) in [5.74, 6) is -1.51. The van der Waals surface area contributed by atoms with Gasteiger partial charge in [-0.25, -0.2) is 0 Å². The first-order valence-corrected chi connectivity index (χ1v) is 8.42. The standard InChI is InChI=1S/C20H14F3N3O2/c1-12(27)16-11-26(17-5-3-2-4-15(16)17)10-13-6-8-14(9-7-13)18-24-19(28-25-18)20(21,22)23/h2-9,11H,10H2,1H3. The van der Waals surface area contributed by atoms with Crippen molar-refractivity contribution >= 4 is 16.7 Å². The Morgan fingerprint density at radius 3 is 2.46 bits per heavy atom. The average Bonchev–Trinajstić information content (AvgIpc) is 3.28. The van der Waals surface area contributed by atoms with Crippen LogP contribution in [-0.4, -0.2) is 20.5 Å². The Hall–Kier alpha value is -3.42. The second kappa shape index (κ2) is 6.63. The van der Waals surface area contributed by atoms with E-state index in [2.05, 4.69) is 14.7 Å². The van der Waals surface area contributed by atoms with E-state index in [0.29, 0.717) is 17.7 Å². The van der Waals surface area contributed by atoms with E-state index in [1.54, 1.807) is 24.3 Å². The highest BCUT2D eigenvalue weighted by Crippen LogP contribution is 2.29. The summed E-state index contributed by atoms with van der Waals surface area (Å²) in [6.07, 6.45) is -2.86. The van der Waals surface area contributed by atoms with Gasteiger partial charge in [0.15, 0.2) is 5.78 Å². The zero-order chi connectivity index (χ0) is 19.9. The minimum atomic E-state index is -4.67. The lowest BCUT2D eigenvalue weighted by molar-refractivity contribution is -0.159. The van der Waals surface area contributed by atoms with E-state index in [-0.39, 0.29) is 11.6 Å². The third-order valence-electron chi connectivity index (χ3n) is 4.40. The molecule has 2 heterocycles. The number of carbonyl (C=O) groups is 1. The van der Waals surface area contributed by atoms with Gasteiger partial charge in [0, 0.05) is 34.8 Å². The molecule has 0 bridgehead atoms. The Balaban J connectivity index is 1.61. The predicted octanol–water partition coefficient (Wildman–Crippen LogP) is 4.96. The number of hydrogen-bond acceptors (Lipinski definition) is 4. The van der Waals surface area contributed by atoms with Gasteiger partial charge in [-0.05, 0) is 18.6 Å². The highest BCUT2D eigenvalue weighted by atomic mass is 19.4. The molecule has 2 aromatic carbocycles. The molecular formula is C20H14F3N3O2. The molecular weight excluding hydrogens is 371 g/mol. The van der Waals surface area contributed by atoms with E-state index in [1.165, 1.54) is 6.92 Å². The van der Waals surface area contributed by atoms with Gasteiger partial charge in [0.05, 0.1) is 0 Å². The van der Waals surface area contributed by atoms with Crippen LogP contribution in [0.3, 0.4) is 0 Å². The van der Waals surface area contributed by atoms with Gasteiger partial charge in [-0.1, -0.05) is 47.6 Å². The number of Topliss-reactive ketones (excluding diaryl/α,β-unsaturated/α-hetero) is 1. The molecule has 5 nitrogen and oxygen atoms in total. The van der Waals surface area contributed by atoms with Crippen LogP contribution in [0.1, 0.15) is 28.7 Å². The van der Waals surface area contributed by atoms with Crippen LogP contribution in [0.25, 0.3) is 22.3 Å². The van der Waals surface area contributed by atoms with Gasteiger partial charge >= 0.3 is 12.1 Å². The Morgan fingerprint density at radius 1 is 1.11 bits per heavy atom. The van der Waals surface area contributed by atoms with Crippen LogP contribution in [0.4, 0.5) is 13.2 Å². The zero-order valence-electron chi connectivity index (χ0n) is 14.7. The monoisotopic (exact) mass is 385 g/mol. The van der Waals surface area contributed by atoms with Crippen LogP contribution in [-0.2, 0) is 12.7 Å². The lowest BCUT2D eigenvalue weighted by Crippen LogP contribution is -2.04. The molecule has 142 valence electrons. The van der Waals surface area contributed by atoms with Crippen LogP contribution in [0.5, 0.6) is 0 Å². The number of ketones is 1. The Kier molecular flexibility index (Phi) is 4.26. The van der Waals surface area contributed by atoms with Gasteiger partial charge in [-0.15, -0.1) is 0 Å². The molecule has 0 unspecified atom stereocenters. The molecule has 0 amide bonds. The van der Waals surface area contributed by atoms with E-state index in [4.69, 9.17) is 0 Å². The van der Waals surface area contributed by atoms with E-state index < -0.39 is 12.1 Å². The minimum Gasteiger partial charge on any atom is -0.342 e. The van der Waals surface area contributed by atoms with Crippen LogP contribution in [0.15, 0.2) is 59.3 Å². The average molecular weight is 385 g/mol. The molecule has 0 atom stereocenters. The molecule has 2 aromatic heterocycles. The van der Waals surface area contributed by atoms with Crippen molar-refractivity contribution in [2.75, 3.05) is 0 Å². The second-order valence-corrected chi connectivity index (χ2v) is 6.36. The van der Waals surface area contributed by atoms with E-state index in [0.717, 1.165) is 16.5 Å². The summed E-state index contributed by atoms with van der Waals surface area (Å²) in [4.78, 5) is 15.3. The smallest absolute Gasteiger partial charge is 0.342 e. The van der Waals surface area contributed by atoms with Crippen molar-refractivity contribution in [2.24, 2.45) is 0 Å². The van der Waals surface area contributed by atoms with Gasteiger partial charge in [-0.2, -0.15) is 18.2 Å². The number of fused-ring (bicyclic) bond motifs is 1. The molecule has 0 aliphatic rings. The second-order valence-electron chi connectivity index (χ2n) is 6.36. The van der Waals surface area contributed by atoms with Crippen LogP contribution < -0.4 is 0 Å². The van der Waals surface area contributed by atoms with Crippen molar-refractivity contribution in [3.8, 4) is 11.4 Å². The summed E-state index contributed by atoms with van der Waals surface area (Å²) in [7, 11) is 0. The fourth-order valence-corrected chi connectivity index (χ4v) is 3.07. The van der Waals surface area contributed by atoms with E-state index in [1.807, 2.05) is 35.0 Å². The number of nitrogens with zero attached hydrogens (tertiary/aromatic N) is 3. The number of hydrogen-bond donors (Lipinski definition) is 0. The number of aromatic nitrogens is 3. The summed E-state index contributed by atoms with van der Waals surface area (Å²) in [6.45, 7) is 2.04. The van der Waals surface area contributed by atoms with Crippen molar-refractivity contribution < 1.29 is 22.5 Å². The van der Waals surface area contributed by atoms with Gasteiger partial charge in [0.25, 0.3) is 0 Å². The summed E-state index contributed by atoms with van der Waals surface area (Å²) < 4.78 is 44.0. The maximum absolute atomic E-state index is 12.6. The summed E-state index contributed by atoms with van der Waals surface area (Å²) in [5.41, 5.74) is 2.92. The van der Waals surface area contributed by atoms with Crippen molar-refractivity contribution in [3.05, 3.63) is 71.7 Å². The molecule has 0 saturated heterocycles. The molecule has 0 spiro atoms. The number of carbonyl (C=O) groups excluding carboxylic acids is 1. The number of rotatable bonds is 4. The first-order chi connectivity index (χ1) is 13.3. The molecule has 4 rings (SSSR count). The van der Waals surface area contributed by atoms with E-state index in [9.17, 15) is 18.0 Å². The molecule has 0 fully saturated rings. The number of para-hydroxylation sites is 1. The summed E-state index contributed by atoms with van der Waals surface area (Å²) >= 11 is 0. The summed E-state index contributed by atoms with van der Waals surface area (Å²) in [6, 6.07) is 14.5. The highest BCUT2D eigenvalue weighted by molar-refractivity contribution is 6.06. The number of halogens is 3. The van der Waals surface area contributed by atoms with Gasteiger partial charge < -0.3 is 9.09 Å². The number of benzene rings is 2. The van der Waals surface area contributed by atoms with Crippen LogP contribution >= 0.6 is 0 Å². The first-order valence-electron chi connectivity index (χ1n) is 8.42. The Bertz CT molecular complexity index is 1160. The third kappa shape index (κ3) is 3.28. The maximum atomic E-state index is 12.6. The largest absolute Gasteiger partial charge is 0.471 e. The predicted molar refractivity (Wildman–Crippen MR) is 95.8 cm³/mol. The highest BCUT2D eigenvalue weighted by Gasteiger charge is 2.38. The molecule has 0 radical (unpaired) electrons. The van der Waals surface area contributed by atoms with Crippen LogP contribution in [0.2, 0.25) is 0 Å². The molecule has 0 saturated carbocycles. The molecule has 0 aliphatic heterocycles. The fraction of sp³-hybridized carbons (Fsp3) is 0.150. The van der Waals surface area contributed by atoms with Gasteiger partial charge in [0.2, 0.25) is 5.82 Å². The Morgan fingerprint density at radius 2 is 1.82 bits per heavy atom. The van der Waals surface area contributed by atoms with E-state index >= 15 is 0 Å². The van der Waals surface area contributed by atoms with Gasteiger partial charge in [-0.3, -0.25) is 4.79 Å². The van der Waals surface area contributed by atoms with Crippen molar-refractivity contribution in [3.63, 3.8) is 0 Å². The first kappa shape index (κ1) is 18.0. The maximum Gasteiger partial charge on any atom is 0.471 e. The quantitative estimate of drug-likeness (QED) is 0.466. The van der Waals surface area contributed by atoms with Gasteiger partial charge in [0.1, 0.15) is 0 Å². The molecule has 28 heavy (non-hydrogen) atoms. The Labute approximate surface area is 157 Å². The zero-order valence-corrected chi connectivity index (χ0v) is 14.7. The lowest BCUT2D eigenvalue weighted by atomic mass is 10.1. The van der Waals surface area contributed by atoms with Crippen LogP contribution in [0, 0.1) is 0 Å². The SMILES string of the molecule is CC(=O)c1cn(Cc2ccc(-c3noc(C(F)(F)F)n3)cc2)c2ccccc12. The lowest BCUT2D eigenvalue weighted by Gasteiger charge is -2.06. The van der Waals surface area contributed by atoms with Crippen molar-refractivity contribution in [2.45, 2.75) is 19.6 Å². The van der Waals surface area contributed by atoms with Crippen molar-refractivity contribution in [1.29, 1.82) is 0 Å². The molecule has 0 aliphatic carbocycles. The molecule has 0 N–H and O–H groups in total. The third-order valence-corrected chi connectivity index (χ3v) is 4.40. The molecule has 4 aromatic rings. The number of alkyl halides is 3. The van der Waals surface area contributed by atoms with Crippen molar-refractivity contribution in [1.82, 2.24) is 14.7 Å². The topological polar surface area (TPSA) is 60.9 Å². The molecule has 8 heteroatoms. The summed E-state index contributed by atoms with van der Waals surface area (Å²) in [5, 5.41) is 4.27.